The van der Waals surface area contributed by atoms with Gasteiger partial charge in [-0.15, -0.1) is 13.2 Å². The smallest absolute Gasteiger partial charge is 0.503 e. The third kappa shape index (κ3) is 3.08. The third-order valence-electron chi connectivity index (χ3n) is 1.64. The number of hydrogen-bond acceptors (Lipinski definition) is 4. The summed E-state index contributed by atoms with van der Waals surface area (Å²) in [5, 5.41) is 9.22. The molecule has 1 aromatic rings. The molecule has 0 saturated carbocycles. The van der Waals surface area contributed by atoms with Gasteiger partial charge in [0.15, 0.2) is 17.2 Å². The quantitative estimate of drug-likeness (QED) is 0.848. The van der Waals surface area contributed by atoms with Crippen LogP contribution in [0.25, 0.3) is 0 Å². The second-order valence-corrected chi connectivity index (χ2v) is 2.74. The first-order valence-corrected chi connectivity index (χ1v) is 4.06. The maximum atomic E-state index is 12.3. The van der Waals surface area contributed by atoms with Crippen molar-refractivity contribution in [2.45, 2.75) is 12.8 Å². The molecule has 0 fully saturated rings. The Labute approximate surface area is 91.6 Å². The first-order valence-electron chi connectivity index (χ1n) is 4.06. The maximum absolute atomic E-state index is 12.3. The molecular formula is C8H6F5NO3. The van der Waals surface area contributed by atoms with Gasteiger partial charge < -0.3 is 14.6 Å². The van der Waals surface area contributed by atoms with Crippen molar-refractivity contribution in [1.29, 1.82) is 0 Å². The van der Waals surface area contributed by atoms with Crippen LogP contribution < -0.4 is 9.47 Å². The molecule has 0 bridgehead atoms. The minimum Gasteiger partial charge on any atom is -0.503 e. The summed E-state index contributed by atoms with van der Waals surface area (Å²) in [5.41, 5.74) is -1.09. The van der Waals surface area contributed by atoms with E-state index in [0.29, 0.717) is 6.20 Å². The minimum absolute atomic E-state index is 0.396. The van der Waals surface area contributed by atoms with Gasteiger partial charge in [0.05, 0.1) is 13.3 Å². The summed E-state index contributed by atoms with van der Waals surface area (Å²) in [6.45, 7) is 0. The molecule has 0 atom stereocenters. The van der Waals surface area contributed by atoms with E-state index < -0.39 is 35.7 Å². The van der Waals surface area contributed by atoms with Crippen molar-refractivity contribution >= 4 is 0 Å². The summed E-state index contributed by atoms with van der Waals surface area (Å²) >= 11 is 0. The lowest BCUT2D eigenvalue weighted by Crippen LogP contribution is -2.18. The number of hydrogen-bond donors (Lipinski definition) is 1. The number of methoxy groups -OCH3 is 1. The Balaban J connectivity index is 3.21. The molecule has 17 heavy (non-hydrogen) atoms. The van der Waals surface area contributed by atoms with Gasteiger partial charge in [0.25, 0.3) is 6.43 Å². The van der Waals surface area contributed by atoms with E-state index in [1.165, 1.54) is 0 Å². The van der Waals surface area contributed by atoms with Crippen molar-refractivity contribution < 1.29 is 36.5 Å². The predicted octanol–water partition coefficient (Wildman–Crippen LogP) is 2.63. The fourth-order valence-electron chi connectivity index (χ4n) is 1.04. The van der Waals surface area contributed by atoms with E-state index in [4.69, 9.17) is 0 Å². The van der Waals surface area contributed by atoms with Crippen LogP contribution in [0.5, 0.6) is 17.2 Å². The Hall–Kier alpha value is -1.80. The largest absolute Gasteiger partial charge is 0.573 e. The lowest BCUT2D eigenvalue weighted by Gasteiger charge is -2.14. The molecule has 9 heteroatoms. The first kappa shape index (κ1) is 13.3. The first-order chi connectivity index (χ1) is 7.76. The highest BCUT2D eigenvalue weighted by atomic mass is 19.4. The summed E-state index contributed by atoms with van der Waals surface area (Å²) in [7, 11) is 0.896. The summed E-state index contributed by atoms with van der Waals surface area (Å²) in [4.78, 5) is 2.97. The highest BCUT2D eigenvalue weighted by Crippen LogP contribution is 2.42. The van der Waals surface area contributed by atoms with E-state index in [9.17, 15) is 27.1 Å². The van der Waals surface area contributed by atoms with Crippen molar-refractivity contribution in [3.8, 4) is 17.2 Å². The minimum atomic E-state index is -5.05. The Kier molecular flexibility index (Phi) is 3.59. The molecule has 1 rings (SSSR count). The molecule has 0 aliphatic heterocycles. The Morgan fingerprint density at radius 1 is 1.35 bits per heavy atom. The molecule has 96 valence electrons. The molecule has 0 saturated heterocycles. The van der Waals surface area contributed by atoms with Crippen LogP contribution in [0, 0.1) is 0 Å². The van der Waals surface area contributed by atoms with Gasteiger partial charge in [-0.3, -0.25) is 0 Å². The van der Waals surface area contributed by atoms with Crippen molar-refractivity contribution in [3.05, 3.63) is 11.9 Å². The van der Waals surface area contributed by atoms with Crippen LogP contribution in [-0.2, 0) is 0 Å². The van der Waals surface area contributed by atoms with Crippen LogP contribution in [0.4, 0.5) is 22.0 Å². The van der Waals surface area contributed by atoms with Gasteiger partial charge in [-0.2, -0.15) is 0 Å². The number of ether oxygens (including phenoxy) is 2. The maximum Gasteiger partial charge on any atom is 0.573 e. The van der Waals surface area contributed by atoms with Crippen LogP contribution in [0.3, 0.4) is 0 Å². The van der Waals surface area contributed by atoms with E-state index >= 15 is 0 Å². The average molecular weight is 259 g/mol. The lowest BCUT2D eigenvalue weighted by molar-refractivity contribution is -0.275. The van der Waals surface area contributed by atoms with Gasteiger partial charge in [0.1, 0.15) is 0 Å². The summed E-state index contributed by atoms with van der Waals surface area (Å²) in [6, 6.07) is 0. The van der Waals surface area contributed by atoms with Crippen molar-refractivity contribution in [3.63, 3.8) is 0 Å². The second kappa shape index (κ2) is 4.60. The normalized spacial score (nSPS) is 11.7. The molecule has 0 radical (unpaired) electrons. The summed E-state index contributed by atoms with van der Waals surface area (Å²) in [6.07, 6.45) is -7.80. The molecule has 0 unspecified atom stereocenters. The van der Waals surface area contributed by atoms with Crippen LogP contribution in [0.15, 0.2) is 6.20 Å². The number of alkyl halides is 5. The molecular weight excluding hydrogens is 253 g/mol. The molecule has 0 aliphatic rings. The lowest BCUT2D eigenvalue weighted by atomic mass is 10.3. The van der Waals surface area contributed by atoms with Crippen molar-refractivity contribution in [1.82, 2.24) is 4.98 Å². The van der Waals surface area contributed by atoms with E-state index in [2.05, 4.69) is 14.5 Å². The van der Waals surface area contributed by atoms with E-state index in [0.717, 1.165) is 7.11 Å². The highest BCUT2D eigenvalue weighted by Gasteiger charge is 2.34. The second-order valence-electron chi connectivity index (χ2n) is 2.74. The molecule has 0 aromatic carbocycles. The van der Waals surface area contributed by atoms with Gasteiger partial charge in [0, 0.05) is 0 Å². The van der Waals surface area contributed by atoms with Crippen LogP contribution in [-0.4, -0.2) is 23.6 Å². The van der Waals surface area contributed by atoms with Crippen molar-refractivity contribution in [2.75, 3.05) is 7.11 Å². The zero-order chi connectivity index (χ0) is 13.2. The van der Waals surface area contributed by atoms with Crippen LogP contribution >= 0.6 is 0 Å². The average Bonchev–Trinajstić information content (AvgIpc) is 2.15. The van der Waals surface area contributed by atoms with Crippen LogP contribution in [0.1, 0.15) is 12.1 Å². The zero-order valence-electron chi connectivity index (χ0n) is 8.26. The third-order valence-corrected chi connectivity index (χ3v) is 1.64. The van der Waals surface area contributed by atoms with Gasteiger partial charge >= 0.3 is 6.36 Å². The number of rotatable bonds is 3. The Bertz CT molecular complexity index is 407. The zero-order valence-corrected chi connectivity index (χ0v) is 8.26. The molecule has 0 aliphatic carbocycles. The van der Waals surface area contributed by atoms with Gasteiger partial charge in [-0.25, -0.2) is 13.8 Å². The fraction of sp³-hybridized carbons (Fsp3) is 0.375. The molecule has 1 N–H and O–H groups in total. The topological polar surface area (TPSA) is 51.6 Å². The fourth-order valence-corrected chi connectivity index (χ4v) is 1.04. The molecule has 0 amide bonds. The standard InChI is InChI=1S/C8H6F5NO3/c1-16-6-3(17-8(11,12)13)2-14-4(5(6)15)7(9)10/h2,7,15H,1H3. The summed E-state index contributed by atoms with van der Waals surface area (Å²) in [5.74, 6) is -3.04. The monoisotopic (exact) mass is 259 g/mol. The number of aromatic nitrogens is 1. The molecule has 4 nitrogen and oxygen atoms in total. The Morgan fingerprint density at radius 2 is 1.94 bits per heavy atom. The number of aromatic hydroxyl groups is 1. The molecule has 1 heterocycles. The van der Waals surface area contributed by atoms with Gasteiger partial charge in [0.2, 0.25) is 5.75 Å². The molecule has 1 aromatic heterocycles. The number of nitrogens with zero attached hydrogens (tertiary/aromatic N) is 1. The molecule has 0 spiro atoms. The SMILES string of the molecule is COc1c(OC(F)(F)F)cnc(C(F)F)c1O. The number of pyridine rings is 1. The van der Waals surface area contributed by atoms with Crippen LogP contribution in [0.2, 0.25) is 0 Å². The Morgan fingerprint density at radius 3 is 2.35 bits per heavy atom. The predicted molar refractivity (Wildman–Crippen MR) is 44.1 cm³/mol. The van der Waals surface area contributed by atoms with E-state index in [1.54, 1.807) is 0 Å². The van der Waals surface area contributed by atoms with E-state index in [1.807, 2.05) is 0 Å². The van der Waals surface area contributed by atoms with Gasteiger partial charge in [-0.05, 0) is 0 Å². The van der Waals surface area contributed by atoms with E-state index in [-0.39, 0.29) is 0 Å². The van der Waals surface area contributed by atoms with Crippen molar-refractivity contribution in [2.24, 2.45) is 0 Å². The summed E-state index contributed by atoms with van der Waals surface area (Å²) < 4.78 is 68.1. The highest BCUT2D eigenvalue weighted by molar-refractivity contribution is 5.51. The number of halogens is 5. The van der Waals surface area contributed by atoms with Gasteiger partial charge in [-0.1, -0.05) is 0 Å².